The molecule has 1 aromatic rings. The van der Waals surface area contributed by atoms with Gasteiger partial charge < -0.3 is 9.47 Å². The van der Waals surface area contributed by atoms with E-state index in [1.165, 1.54) is 5.56 Å². The number of rotatable bonds is 9. The third-order valence-corrected chi connectivity index (χ3v) is 2.53. The molecule has 1 atom stereocenters. The topological polar surface area (TPSA) is 74.3 Å². The van der Waals surface area contributed by atoms with Gasteiger partial charge in [-0.3, -0.25) is 16.0 Å². The fourth-order valence-corrected chi connectivity index (χ4v) is 1.52. The van der Waals surface area contributed by atoms with E-state index in [0.29, 0.717) is 19.8 Å². The predicted octanol–water partition coefficient (Wildman–Crippen LogP) is -0.152. The van der Waals surface area contributed by atoms with Crippen LogP contribution in [-0.2, 0) is 22.9 Å². The summed E-state index contributed by atoms with van der Waals surface area (Å²) in [5.41, 5.74) is 3.98. The molecule has 0 spiro atoms. The fourth-order valence-electron chi connectivity index (χ4n) is 1.52. The normalized spacial score (nSPS) is 12.9. The number of hydrogen-bond donors (Lipinski definition) is 2. The Kier molecular flexibility index (Phi) is 6.80. The van der Waals surface area contributed by atoms with Crippen LogP contribution in [0, 0.1) is 0 Å². The van der Waals surface area contributed by atoms with Crippen LogP contribution in [0.25, 0.3) is 0 Å². The standard InChI is InChI=1S/C11H22N4O2/c1-15-8-10(7-13-15)3-4-11(14-12)9-17-6-5-16-2/h7-8,11,14H,3-6,9,12H2,1-2H3. The Balaban J connectivity index is 2.18. The van der Waals surface area contributed by atoms with Gasteiger partial charge in [-0.2, -0.15) is 5.10 Å². The number of hydrogen-bond acceptors (Lipinski definition) is 5. The zero-order chi connectivity index (χ0) is 12.5. The lowest BCUT2D eigenvalue weighted by molar-refractivity contribution is 0.0575. The zero-order valence-corrected chi connectivity index (χ0v) is 10.6. The maximum absolute atomic E-state index is 5.47. The minimum absolute atomic E-state index is 0.159. The van der Waals surface area contributed by atoms with Gasteiger partial charge in [-0.25, -0.2) is 0 Å². The van der Waals surface area contributed by atoms with Crippen LogP contribution >= 0.6 is 0 Å². The molecule has 1 unspecified atom stereocenters. The Morgan fingerprint density at radius 1 is 1.53 bits per heavy atom. The minimum Gasteiger partial charge on any atom is -0.382 e. The molecule has 6 nitrogen and oxygen atoms in total. The summed E-state index contributed by atoms with van der Waals surface area (Å²) >= 11 is 0. The van der Waals surface area contributed by atoms with Gasteiger partial charge in [0.2, 0.25) is 0 Å². The Bertz CT molecular complexity index is 303. The van der Waals surface area contributed by atoms with Crippen LogP contribution in [0.3, 0.4) is 0 Å². The molecule has 0 saturated carbocycles. The number of nitrogens with two attached hydrogens (primary N) is 1. The lowest BCUT2D eigenvalue weighted by Gasteiger charge is -2.15. The number of nitrogens with zero attached hydrogens (tertiary/aromatic N) is 2. The molecule has 6 heteroatoms. The summed E-state index contributed by atoms with van der Waals surface area (Å²) < 4.78 is 12.1. The van der Waals surface area contributed by atoms with Gasteiger partial charge in [-0.1, -0.05) is 0 Å². The van der Waals surface area contributed by atoms with Gasteiger partial charge in [0.25, 0.3) is 0 Å². The van der Waals surface area contributed by atoms with E-state index in [1.807, 2.05) is 19.4 Å². The third-order valence-electron chi connectivity index (χ3n) is 2.53. The lowest BCUT2D eigenvalue weighted by Crippen LogP contribution is -2.39. The van der Waals surface area contributed by atoms with E-state index < -0.39 is 0 Å². The monoisotopic (exact) mass is 242 g/mol. The molecule has 1 heterocycles. The van der Waals surface area contributed by atoms with Gasteiger partial charge in [0, 0.05) is 26.4 Å². The summed E-state index contributed by atoms with van der Waals surface area (Å²) in [6.45, 7) is 1.81. The number of methoxy groups -OCH3 is 1. The Hall–Kier alpha value is -0.950. The number of aryl methyl sites for hydroxylation is 2. The summed E-state index contributed by atoms with van der Waals surface area (Å²) in [4.78, 5) is 0. The second kappa shape index (κ2) is 8.19. The molecule has 0 fully saturated rings. The van der Waals surface area contributed by atoms with E-state index in [-0.39, 0.29) is 6.04 Å². The first-order valence-corrected chi connectivity index (χ1v) is 5.76. The van der Waals surface area contributed by atoms with Crippen LogP contribution in [0.4, 0.5) is 0 Å². The van der Waals surface area contributed by atoms with Crippen LogP contribution in [0.5, 0.6) is 0 Å². The van der Waals surface area contributed by atoms with E-state index in [4.69, 9.17) is 15.3 Å². The molecule has 17 heavy (non-hydrogen) atoms. The first kappa shape index (κ1) is 14.1. The molecule has 1 rings (SSSR count). The average molecular weight is 242 g/mol. The molecule has 0 aromatic carbocycles. The molecule has 98 valence electrons. The number of nitrogens with one attached hydrogen (secondary N) is 1. The largest absolute Gasteiger partial charge is 0.382 e. The van der Waals surface area contributed by atoms with Crippen molar-refractivity contribution in [3.8, 4) is 0 Å². The molecule has 3 N–H and O–H groups in total. The van der Waals surface area contributed by atoms with Gasteiger partial charge in [0.1, 0.15) is 0 Å². The summed E-state index contributed by atoms with van der Waals surface area (Å²) in [6, 6.07) is 0.159. The molecular formula is C11H22N4O2. The van der Waals surface area contributed by atoms with Gasteiger partial charge in [0.15, 0.2) is 0 Å². The van der Waals surface area contributed by atoms with Gasteiger partial charge in [-0.05, 0) is 18.4 Å². The van der Waals surface area contributed by atoms with Crippen molar-refractivity contribution < 1.29 is 9.47 Å². The fraction of sp³-hybridized carbons (Fsp3) is 0.727. The number of aromatic nitrogens is 2. The molecule has 0 amide bonds. The molecule has 0 aliphatic rings. The Morgan fingerprint density at radius 2 is 2.35 bits per heavy atom. The van der Waals surface area contributed by atoms with Crippen molar-refractivity contribution in [2.24, 2.45) is 12.9 Å². The Morgan fingerprint density at radius 3 is 2.94 bits per heavy atom. The summed E-state index contributed by atoms with van der Waals surface area (Å²) in [5.74, 6) is 5.47. The lowest BCUT2D eigenvalue weighted by atomic mass is 10.1. The molecule has 0 bridgehead atoms. The van der Waals surface area contributed by atoms with Crippen molar-refractivity contribution in [2.45, 2.75) is 18.9 Å². The van der Waals surface area contributed by atoms with E-state index in [2.05, 4.69) is 10.5 Å². The molecule has 0 aliphatic carbocycles. The first-order valence-electron chi connectivity index (χ1n) is 5.76. The van der Waals surface area contributed by atoms with E-state index in [1.54, 1.807) is 11.8 Å². The quantitative estimate of drug-likeness (QED) is 0.358. The third kappa shape index (κ3) is 5.78. The van der Waals surface area contributed by atoms with Crippen LogP contribution in [-0.4, -0.2) is 42.8 Å². The predicted molar refractivity (Wildman–Crippen MR) is 65.3 cm³/mol. The van der Waals surface area contributed by atoms with Gasteiger partial charge >= 0.3 is 0 Å². The average Bonchev–Trinajstić information content (AvgIpc) is 2.74. The maximum atomic E-state index is 5.47. The molecule has 0 radical (unpaired) electrons. The number of hydrazine groups is 1. The second-order valence-electron chi connectivity index (χ2n) is 3.99. The van der Waals surface area contributed by atoms with Gasteiger partial charge in [-0.15, -0.1) is 0 Å². The molecule has 0 saturated heterocycles. The van der Waals surface area contributed by atoms with Crippen molar-refractivity contribution in [1.29, 1.82) is 0 Å². The van der Waals surface area contributed by atoms with Crippen molar-refractivity contribution in [1.82, 2.24) is 15.2 Å². The highest BCUT2D eigenvalue weighted by atomic mass is 16.5. The highest BCUT2D eigenvalue weighted by Crippen LogP contribution is 2.04. The molecular weight excluding hydrogens is 220 g/mol. The number of ether oxygens (including phenoxy) is 2. The van der Waals surface area contributed by atoms with Crippen LogP contribution in [0.15, 0.2) is 12.4 Å². The van der Waals surface area contributed by atoms with Crippen molar-refractivity contribution >= 4 is 0 Å². The Labute approximate surface area is 102 Å². The maximum Gasteiger partial charge on any atom is 0.0701 e. The van der Waals surface area contributed by atoms with Crippen LogP contribution in [0.2, 0.25) is 0 Å². The zero-order valence-electron chi connectivity index (χ0n) is 10.6. The minimum atomic E-state index is 0.159. The smallest absolute Gasteiger partial charge is 0.0701 e. The first-order chi connectivity index (χ1) is 8.26. The van der Waals surface area contributed by atoms with E-state index in [0.717, 1.165) is 12.8 Å². The van der Waals surface area contributed by atoms with Crippen molar-refractivity contribution in [3.05, 3.63) is 18.0 Å². The molecule has 0 aliphatic heterocycles. The summed E-state index contributed by atoms with van der Waals surface area (Å²) in [7, 11) is 3.57. The van der Waals surface area contributed by atoms with Crippen LogP contribution < -0.4 is 11.3 Å². The highest BCUT2D eigenvalue weighted by Gasteiger charge is 2.07. The summed E-state index contributed by atoms with van der Waals surface area (Å²) in [6.07, 6.45) is 5.75. The molecule has 1 aromatic heterocycles. The highest BCUT2D eigenvalue weighted by molar-refractivity contribution is 5.03. The van der Waals surface area contributed by atoms with Crippen molar-refractivity contribution in [2.75, 3.05) is 26.9 Å². The van der Waals surface area contributed by atoms with E-state index in [9.17, 15) is 0 Å². The summed E-state index contributed by atoms with van der Waals surface area (Å²) in [5, 5.41) is 4.12. The van der Waals surface area contributed by atoms with Crippen molar-refractivity contribution in [3.63, 3.8) is 0 Å². The van der Waals surface area contributed by atoms with Crippen LogP contribution in [0.1, 0.15) is 12.0 Å². The second-order valence-corrected chi connectivity index (χ2v) is 3.99. The van der Waals surface area contributed by atoms with Gasteiger partial charge in [0.05, 0.1) is 26.0 Å². The van der Waals surface area contributed by atoms with E-state index >= 15 is 0 Å². The SMILES string of the molecule is COCCOCC(CCc1cnn(C)c1)NN.